The molecule has 0 saturated heterocycles. The van der Waals surface area contributed by atoms with Gasteiger partial charge in [0.1, 0.15) is 17.5 Å². The van der Waals surface area contributed by atoms with Crippen LogP contribution in [0.1, 0.15) is 31.2 Å². The summed E-state index contributed by atoms with van der Waals surface area (Å²) in [4.78, 5) is 8.83. The minimum absolute atomic E-state index is 0.770. The minimum Gasteiger partial charge on any atom is -0.370 e. The van der Waals surface area contributed by atoms with Gasteiger partial charge in [-0.05, 0) is 37.5 Å². The van der Waals surface area contributed by atoms with Crippen molar-refractivity contribution in [1.82, 2.24) is 9.97 Å². The first-order chi connectivity index (χ1) is 10.7. The highest BCUT2D eigenvalue weighted by Gasteiger charge is 2.02. The average molecular weight is 319 g/mol. The maximum Gasteiger partial charge on any atom is 0.131 e. The van der Waals surface area contributed by atoms with Gasteiger partial charge in [-0.1, -0.05) is 37.1 Å². The molecule has 118 valence electrons. The molecule has 0 fully saturated rings. The zero-order valence-electron chi connectivity index (χ0n) is 13.2. The molecule has 2 aromatic rings. The molecule has 0 bridgehead atoms. The Bertz CT molecular complexity index is 601. The fraction of sp³-hybridized carbons (Fsp3) is 0.412. The fourth-order valence-corrected chi connectivity index (χ4v) is 2.38. The number of benzene rings is 1. The van der Waals surface area contributed by atoms with Crippen LogP contribution in [-0.2, 0) is 6.42 Å². The minimum atomic E-state index is 0.770. The lowest BCUT2D eigenvalue weighted by atomic mass is 10.1. The lowest BCUT2D eigenvalue weighted by Crippen LogP contribution is -2.10. The van der Waals surface area contributed by atoms with E-state index >= 15 is 0 Å². The third-order valence-electron chi connectivity index (χ3n) is 3.28. The second-order valence-electron chi connectivity index (χ2n) is 5.27. The average Bonchev–Trinajstić information content (AvgIpc) is 2.47. The number of rotatable bonds is 8. The van der Waals surface area contributed by atoms with Crippen molar-refractivity contribution in [3.05, 3.63) is 46.7 Å². The Morgan fingerprint density at radius 3 is 2.45 bits per heavy atom. The van der Waals surface area contributed by atoms with Crippen molar-refractivity contribution in [2.75, 3.05) is 23.7 Å². The molecule has 0 unspecified atom stereocenters. The van der Waals surface area contributed by atoms with Crippen LogP contribution in [0.4, 0.5) is 11.6 Å². The van der Waals surface area contributed by atoms with E-state index in [4.69, 9.17) is 11.6 Å². The predicted molar refractivity (Wildman–Crippen MR) is 93.8 cm³/mol. The molecule has 0 radical (unpaired) electrons. The van der Waals surface area contributed by atoms with E-state index in [0.717, 1.165) is 48.4 Å². The van der Waals surface area contributed by atoms with Crippen LogP contribution in [0.5, 0.6) is 0 Å². The number of aromatic nitrogens is 2. The van der Waals surface area contributed by atoms with Crippen LogP contribution in [-0.4, -0.2) is 23.1 Å². The molecule has 0 saturated carbocycles. The van der Waals surface area contributed by atoms with E-state index in [9.17, 15) is 0 Å². The van der Waals surface area contributed by atoms with Crippen molar-refractivity contribution < 1.29 is 0 Å². The van der Waals surface area contributed by atoms with Gasteiger partial charge in [0, 0.05) is 24.2 Å². The molecule has 1 heterocycles. The van der Waals surface area contributed by atoms with Crippen molar-refractivity contribution in [3.63, 3.8) is 0 Å². The number of aryl methyl sites for hydroxylation is 1. The molecule has 0 atom stereocenters. The summed E-state index contributed by atoms with van der Waals surface area (Å²) in [5, 5.41) is 7.46. The number of nitrogens with one attached hydrogen (secondary N) is 2. The van der Waals surface area contributed by atoms with E-state index in [0.29, 0.717) is 0 Å². The second-order valence-corrected chi connectivity index (χ2v) is 5.71. The number of unbranched alkanes of at least 4 members (excludes halogenated alkanes) is 1. The Hall–Kier alpha value is -1.81. The third-order valence-corrected chi connectivity index (χ3v) is 3.52. The van der Waals surface area contributed by atoms with E-state index in [1.807, 2.05) is 31.2 Å². The summed E-state index contributed by atoms with van der Waals surface area (Å²) in [5.74, 6) is 2.51. The molecule has 0 spiro atoms. The highest BCUT2D eigenvalue weighted by Crippen LogP contribution is 2.13. The molecular weight excluding hydrogens is 296 g/mol. The van der Waals surface area contributed by atoms with Gasteiger partial charge in [0.05, 0.1) is 0 Å². The van der Waals surface area contributed by atoms with Gasteiger partial charge in [0.15, 0.2) is 0 Å². The summed E-state index contributed by atoms with van der Waals surface area (Å²) in [7, 11) is 0. The van der Waals surface area contributed by atoms with Crippen LogP contribution >= 0.6 is 11.6 Å². The van der Waals surface area contributed by atoms with Crippen molar-refractivity contribution >= 4 is 23.2 Å². The fourth-order valence-electron chi connectivity index (χ4n) is 2.17. The van der Waals surface area contributed by atoms with Gasteiger partial charge in [-0.15, -0.1) is 0 Å². The van der Waals surface area contributed by atoms with Gasteiger partial charge < -0.3 is 10.6 Å². The number of halogens is 1. The number of hydrogen-bond acceptors (Lipinski definition) is 4. The van der Waals surface area contributed by atoms with Crippen LogP contribution in [0.2, 0.25) is 5.02 Å². The predicted octanol–water partition coefficient (Wildman–Crippen LogP) is 4.31. The first-order valence-electron chi connectivity index (χ1n) is 7.75. The lowest BCUT2D eigenvalue weighted by molar-refractivity contribution is 0.829. The van der Waals surface area contributed by atoms with E-state index in [1.54, 1.807) is 0 Å². The van der Waals surface area contributed by atoms with Gasteiger partial charge in [-0.2, -0.15) is 0 Å². The van der Waals surface area contributed by atoms with Crippen LogP contribution in [0.15, 0.2) is 30.3 Å². The SMILES string of the molecule is CCCCNc1cc(NCCc2cccc(Cl)c2)nc(C)n1. The largest absolute Gasteiger partial charge is 0.370 e. The standard InChI is InChI=1S/C17H23ClN4/c1-3-4-9-19-16-12-17(22-13(2)21-16)20-10-8-14-6-5-7-15(18)11-14/h5-7,11-12H,3-4,8-10H2,1-2H3,(H2,19,20,21,22). The van der Waals surface area contributed by atoms with Gasteiger partial charge in [-0.3, -0.25) is 0 Å². The van der Waals surface area contributed by atoms with E-state index in [1.165, 1.54) is 12.0 Å². The molecule has 2 N–H and O–H groups in total. The molecule has 4 nitrogen and oxygen atoms in total. The summed E-state index contributed by atoms with van der Waals surface area (Å²) in [6, 6.07) is 9.89. The number of anilines is 2. The lowest BCUT2D eigenvalue weighted by Gasteiger charge is -2.10. The Morgan fingerprint density at radius 2 is 1.77 bits per heavy atom. The maximum atomic E-state index is 5.99. The Morgan fingerprint density at radius 1 is 1.05 bits per heavy atom. The van der Waals surface area contributed by atoms with Crippen molar-refractivity contribution in [1.29, 1.82) is 0 Å². The van der Waals surface area contributed by atoms with Crippen LogP contribution in [0.3, 0.4) is 0 Å². The Kier molecular flexibility index (Phi) is 6.46. The van der Waals surface area contributed by atoms with Crippen molar-refractivity contribution in [2.24, 2.45) is 0 Å². The van der Waals surface area contributed by atoms with Crippen molar-refractivity contribution in [3.8, 4) is 0 Å². The first-order valence-corrected chi connectivity index (χ1v) is 8.13. The highest BCUT2D eigenvalue weighted by atomic mass is 35.5. The summed E-state index contributed by atoms with van der Waals surface area (Å²) in [6.07, 6.45) is 3.21. The normalized spacial score (nSPS) is 10.5. The zero-order chi connectivity index (χ0) is 15.8. The van der Waals surface area contributed by atoms with E-state index < -0.39 is 0 Å². The Labute approximate surface area is 137 Å². The van der Waals surface area contributed by atoms with Crippen molar-refractivity contribution in [2.45, 2.75) is 33.1 Å². The number of nitrogens with zero attached hydrogens (tertiary/aromatic N) is 2. The molecule has 1 aromatic heterocycles. The third kappa shape index (κ3) is 5.53. The number of hydrogen-bond donors (Lipinski definition) is 2. The molecule has 0 aliphatic carbocycles. The molecular formula is C17H23ClN4. The van der Waals surface area contributed by atoms with Crippen LogP contribution in [0.25, 0.3) is 0 Å². The van der Waals surface area contributed by atoms with Gasteiger partial charge in [0.25, 0.3) is 0 Å². The molecule has 2 rings (SSSR count). The molecule has 5 heteroatoms. The molecule has 0 amide bonds. The maximum absolute atomic E-state index is 5.99. The molecule has 0 aliphatic rings. The monoisotopic (exact) mass is 318 g/mol. The van der Waals surface area contributed by atoms with Gasteiger partial charge >= 0.3 is 0 Å². The topological polar surface area (TPSA) is 49.8 Å². The summed E-state index contributed by atoms with van der Waals surface area (Å²) >= 11 is 5.99. The van der Waals surface area contributed by atoms with Crippen LogP contribution in [0, 0.1) is 6.92 Å². The highest BCUT2D eigenvalue weighted by molar-refractivity contribution is 6.30. The molecule has 1 aromatic carbocycles. The first kappa shape index (κ1) is 16.6. The summed E-state index contributed by atoms with van der Waals surface area (Å²) in [6.45, 7) is 5.84. The quantitative estimate of drug-likeness (QED) is 0.712. The smallest absolute Gasteiger partial charge is 0.131 e. The van der Waals surface area contributed by atoms with E-state index in [-0.39, 0.29) is 0 Å². The van der Waals surface area contributed by atoms with Gasteiger partial charge in [-0.25, -0.2) is 9.97 Å². The zero-order valence-corrected chi connectivity index (χ0v) is 14.0. The van der Waals surface area contributed by atoms with Gasteiger partial charge in [0.2, 0.25) is 0 Å². The summed E-state index contributed by atoms with van der Waals surface area (Å²) in [5.41, 5.74) is 1.21. The molecule has 0 aliphatic heterocycles. The molecule has 22 heavy (non-hydrogen) atoms. The van der Waals surface area contributed by atoms with Crippen LogP contribution < -0.4 is 10.6 Å². The Balaban J connectivity index is 1.89. The second kappa shape index (κ2) is 8.59. The summed E-state index contributed by atoms with van der Waals surface area (Å²) < 4.78 is 0. The van der Waals surface area contributed by atoms with E-state index in [2.05, 4.69) is 33.6 Å².